The summed E-state index contributed by atoms with van der Waals surface area (Å²) >= 11 is 0. The number of benzene rings is 1. The van der Waals surface area contributed by atoms with Crippen molar-refractivity contribution < 1.29 is 8.42 Å². The summed E-state index contributed by atoms with van der Waals surface area (Å²) in [6, 6.07) is 5.77. The van der Waals surface area contributed by atoms with E-state index in [-0.39, 0.29) is 6.04 Å². The third-order valence-electron chi connectivity index (χ3n) is 4.05. The number of rotatable bonds is 6. The minimum atomic E-state index is -3.42. The van der Waals surface area contributed by atoms with Gasteiger partial charge < -0.3 is 5.32 Å². The second kappa shape index (κ2) is 7.38. The van der Waals surface area contributed by atoms with Crippen LogP contribution in [0, 0.1) is 6.92 Å². The van der Waals surface area contributed by atoms with Crippen LogP contribution in [0.15, 0.2) is 23.1 Å². The summed E-state index contributed by atoms with van der Waals surface area (Å²) in [5.74, 6) is 0. The van der Waals surface area contributed by atoms with Crippen molar-refractivity contribution in [2.24, 2.45) is 0 Å². The molecule has 0 amide bonds. The number of hydrogen-bond acceptors (Lipinski definition) is 3. The Balaban J connectivity index is 2.17. The standard InChI is InChI=1S/C16H26N2O2S/c1-3-17-12-14-10-9-13(2)16(11-14)21(19,20)18-15-7-5-4-6-8-15/h9-11,15,17-18H,3-8,12H2,1-2H3. The Morgan fingerprint density at radius 2 is 1.90 bits per heavy atom. The van der Waals surface area contributed by atoms with Gasteiger partial charge in [0.1, 0.15) is 0 Å². The van der Waals surface area contributed by atoms with Crippen LogP contribution in [0.25, 0.3) is 0 Å². The Morgan fingerprint density at radius 3 is 2.57 bits per heavy atom. The van der Waals surface area contributed by atoms with E-state index in [1.807, 2.05) is 26.0 Å². The molecule has 5 heteroatoms. The van der Waals surface area contributed by atoms with Gasteiger partial charge in [0, 0.05) is 12.6 Å². The molecule has 1 aliphatic carbocycles. The highest BCUT2D eigenvalue weighted by Gasteiger charge is 2.23. The van der Waals surface area contributed by atoms with Gasteiger partial charge in [-0.2, -0.15) is 0 Å². The Hall–Kier alpha value is -0.910. The lowest BCUT2D eigenvalue weighted by molar-refractivity contribution is 0.412. The molecule has 2 rings (SSSR count). The number of aryl methyl sites for hydroxylation is 1. The van der Waals surface area contributed by atoms with Crippen LogP contribution in [-0.2, 0) is 16.6 Å². The van der Waals surface area contributed by atoms with Gasteiger partial charge in [-0.15, -0.1) is 0 Å². The fourth-order valence-electron chi connectivity index (χ4n) is 2.82. The van der Waals surface area contributed by atoms with E-state index in [4.69, 9.17) is 0 Å². The third kappa shape index (κ3) is 4.53. The molecule has 0 radical (unpaired) electrons. The zero-order chi connectivity index (χ0) is 15.3. The van der Waals surface area contributed by atoms with E-state index in [1.54, 1.807) is 6.07 Å². The van der Waals surface area contributed by atoms with E-state index in [0.717, 1.165) is 43.4 Å². The first kappa shape index (κ1) is 16.5. The summed E-state index contributed by atoms with van der Waals surface area (Å²) in [4.78, 5) is 0.420. The highest BCUT2D eigenvalue weighted by atomic mass is 32.2. The number of nitrogens with one attached hydrogen (secondary N) is 2. The van der Waals surface area contributed by atoms with Crippen LogP contribution in [0.2, 0.25) is 0 Å². The van der Waals surface area contributed by atoms with Crippen molar-refractivity contribution in [3.05, 3.63) is 29.3 Å². The summed E-state index contributed by atoms with van der Waals surface area (Å²) in [7, 11) is -3.42. The fourth-order valence-corrected chi connectivity index (χ4v) is 4.42. The maximum absolute atomic E-state index is 12.6. The molecule has 1 aromatic rings. The van der Waals surface area contributed by atoms with Gasteiger partial charge in [0.15, 0.2) is 0 Å². The highest BCUT2D eigenvalue weighted by molar-refractivity contribution is 7.89. The first-order valence-corrected chi connectivity index (χ1v) is 9.34. The number of hydrogen-bond donors (Lipinski definition) is 2. The van der Waals surface area contributed by atoms with E-state index < -0.39 is 10.0 Å². The molecule has 118 valence electrons. The first-order chi connectivity index (χ1) is 10.0. The Morgan fingerprint density at radius 1 is 1.19 bits per heavy atom. The second-order valence-corrected chi connectivity index (χ2v) is 7.52. The van der Waals surface area contributed by atoms with Crippen LogP contribution in [0.3, 0.4) is 0 Å². The van der Waals surface area contributed by atoms with Crippen LogP contribution >= 0.6 is 0 Å². The molecule has 0 saturated heterocycles. The maximum atomic E-state index is 12.6. The SMILES string of the molecule is CCNCc1ccc(C)c(S(=O)(=O)NC2CCCCC2)c1. The largest absolute Gasteiger partial charge is 0.313 e. The van der Waals surface area contributed by atoms with Gasteiger partial charge in [-0.25, -0.2) is 13.1 Å². The molecule has 0 heterocycles. The van der Waals surface area contributed by atoms with Crippen LogP contribution in [-0.4, -0.2) is 21.0 Å². The molecular formula is C16H26N2O2S. The van der Waals surface area contributed by atoms with Gasteiger partial charge >= 0.3 is 0 Å². The Bertz CT molecular complexity index is 564. The average Bonchev–Trinajstić information content (AvgIpc) is 2.47. The molecule has 1 fully saturated rings. The van der Waals surface area contributed by atoms with E-state index in [0.29, 0.717) is 11.4 Å². The lowest BCUT2D eigenvalue weighted by atomic mass is 9.96. The molecule has 0 aromatic heterocycles. The van der Waals surface area contributed by atoms with Crippen molar-refractivity contribution in [1.29, 1.82) is 0 Å². The second-order valence-electron chi connectivity index (χ2n) is 5.84. The molecule has 4 nitrogen and oxygen atoms in total. The van der Waals surface area contributed by atoms with Gasteiger partial charge in [-0.05, 0) is 43.5 Å². The minimum absolute atomic E-state index is 0.0978. The molecule has 0 unspecified atom stereocenters. The quantitative estimate of drug-likeness (QED) is 0.849. The molecule has 1 aliphatic rings. The van der Waals surface area contributed by atoms with Crippen molar-refractivity contribution in [3.63, 3.8) is 0 Å². The van der Waals surface area contributed by atoms with Gasteiger partial charge in [0.25, 0.3) is 0 Å². The molecule has 0 bridgehead atoms. The third-order valence-corrected chi connectivity index (χ3v) is 5.71. The fraction of sp³-hybridized carbons (Fsp3) is 0.625. The van der Waals surface area contributed by atoms with Crippen LogP contribution in [0.5, 0.6) is 0 Å². The van der Waals surface area contributed by atoms with Gasteiger partial charge in [0.05, 0.1) is 4.90 Å². The lowest BCUT2D eigenvalue weighted by Gasteiger charge is -2.23. The van der Waals surface area contributed by atoms with Crippen molar-refractivity contribution in [2.45, 2.75) is 63.4 Å². The molecule has 2 N–H and O–H groups in total. The summed E-state index contributed by atoms with van der Waals surface area (Å²) in [5.41, 5.74) is 1.81. The van der Waals surface area contributed by atoms with Gasteiger partial charge in [-0.3, -0.25) is 0 Å². The van der Waals surface area contributed by atoms with Gasteiger partial charge in [-0.1, -0.05) is 38.3 Å². The monoisotopic (exact) mass is 310 g/mol. The normalized spacial score (nSPS) is 17.0. The highest BCUT2D eigenvalue weighted by Crippen LogP contribution is 2.22. The van der Waals surface area contributed by atoms with E-state index >= 15 is 0 Å². The molecule has 0 spiro atoms. The summed E-state index contributed by atoms with van der Waals surface area (Å²) < 4.78 is 28.1. The van der Waals surface area contributed by atoms with E-state index in [2.05, 4.69) is 10.0 Å². The summed E-state index contributed by atoms with van der Waals surface area (Å²) in [6.45, 7) is 5.46. The van der Waals surface area contributed by atoms with Crippen LogP contribution in [0.1, 0.15) is 50.2 Å². The van der Waals surface area contributed by atoms with Gasteiger partial charge in [0.2, 0.25) is 10.0 Å². The van der Waals surface area contributed by atoms with Crippen LogP contribution in [0.4, 0.5) is 0 Å². The van der Waals surface area contributed by atoms with Crippen molar-refractivity contribution in [1.82, 2.24) is 10.0 Å². The number of sulfonamides is 1. The topological polar surface area (TPSA) is 58.2 Å². The molecule has 1 aromatic carbocycles. The molecule has 0 atom stereocenters. The molecular weight excluding hydrogens is 284 g/mol. The summed E-state index contributed by atoms with van der Waals surface area (Å²) in [6.07, 6.45) is 5.36. The predicted molar refractivity (Wildman–Crippen MR) is 85.8 cm³/mol. The lowest BCUT2D eigenvalue weighted by Crippen LogP contribution is -2.36. The zero-order valence-electron chi connectivity index (χ0n) is 13.0. The van der Waals surface area contributed by atoms with Crippen molar-refractivity contribution in [2.75, 3.05) is 6.54 Å². The summed E-state index contributed by atoms with van der Waals surface area (Å²) in [5, 5.41) is 3.23. The Kier molecular flexibility index (Phi) is 5.79. The molecule has 1 saturated carbocycles. The predicted octanol–water partition coefficient (Wildman–Crippen LogP) is 2.72. The first-order valence-electron chi connectivity index (χ1n) is 7.85. The average molecular weight is 310 g/mol. The minimum Gasteiger partial charge on any atom is -0.313 e. The van der Waals surface area contributed by atoms with E-state index in [9.17, 15) is 8.42 Å². The van der Waals surface area contributed by atoms with Crippen LogP contribution < -0.4 is 10.0 Å². The smallest absolute Gasteiger partial charge is 0.241 e. The Labute approximate surface area is 128 Å². The molecule has 0 aliphatic heterocycles. The van der Waals surface area contributed by atoms with Crippen molar-refractivity contribution in [3.8, 4) is 0 Å². The van der Waals surface area contributed by atoms with E-state index in [1.165, 1.54) is 6.42 Å². The maximum Gasteiger partial charge on any atom is 0.241 e. The van der Waals surface area contributed by atoms with Crippen molar-refractivity contribution >= 4 is 10.0 Å². The zero-order valence-corrected chi connectivity index (χ0v) is 13.8. The molecule has 21 heavy (non-hydrogen) atoms.